The van der Waals surface area contributed by atoms with E-state index in [-0.39, 0.29) is 31.8 Å². The molecule has 0 saturated carbocycles. The van der Waals surface area contributed by atoms with Gasteiger partial charge in [-0.15, -0.1) is 0 Å². The lowest BCUT2D eigenvalue weighted by Gasteiger charge is -2.24. The number of allylic oxidation sites excluding steroid dienone is 14. The molecule has 11 heteroatoms. The van der Waals surface area contributed by atoms with E-state index in [1.165, 1.54) is 38.5 Å². The zero-order valence-electron chi connectivity index (χ0n) is 37.4. The average molecular weight is 847 g/mol. The number of quaternary nitrogens is 1. The fraction of sp³-hybridized carbons (Fsp3) is 0.646. The highest BCUT2D eigenvalue weighted by Crippen LogP contribution is 2.43. The maximum atomic E-state index is 12.7. The van der Waals surface area contributed by atoms with Crippen molar-refractivity contribution in [3.63, 3.8) is 0 Å². The second-order valence-electron chi connectivity index (χ2n) is 15.8. The third-order valence-corrected chi connectivity index (χ3v) is 9.86. The van der Waals surface area contributed by atoms with Gasteiger partial charge in [0.25, 0.3) is 0 Å². The fourth-order valence-corrected chi connectivity index (χ4v) is 6.07. The molecule has 0 aliphatic rings. The standard InChI is InChI=1S/C48H80NO9P/c1-6-8-10-11-12-13-14-15-16-17-18-19-22-25-28-31-35-39-47(51)55-43-46(44-57-59(53,54)56-42-41-49(3,4)5)58-48(52)40-36-32-29-26-23-20-21-24-27-30-34-38-45(50)37-33-9-7-2/h15-16,18-21,25-30,34,38,46H,6-14,17,22-24,31-33,35-37,39-44H2,1-5H3/p+1/b16-15-,19-18-,21-20-,28-25-,29-26-,30-27-,38-34+/t46-/m1/s1. The summed E-state index contributed by atoms with van der Waals surface area (Å²) in [6.07, 6.45) is 46.3. The summed E-state index contributed by atoms with van der Waals surface area (Å²) in [5, 5.41) is 0. The van der Waals surface area contributed by atoms with Gasteiger partial charge < -0.3 is 18.9 Å². The van der Waals surface area contributed by atoms with Gasteiger partial charge in [0.2, 0.25) is 0 Å². The molecular formula is C48H81NO9P+. The van der Waals surface area contributed by atoms with Crippen LogP contribution in [0.1, 0.15) is 149 Å². The number of unbranched alkanes of at least 4 members (excludes halogenated alkanes) is 10. The van der Waals surface area contributed by atoms with Crippen molar-refractivity contribution in [2.75, 3.05) is 47.5 Å². The van der Waals surface area contributed by atoms with Crippen LogP contribution >= 0.6 is 7.82 Å². The Morgan fingerprint density at radius 2 is 1.08 bits per heavy atom. The number of ether oxygens (including phenoxy) is 2. The van der Waals surface area contributed by atoms with Gasteiger partial charge in [-0.25, -0.2) is 4.57 Å². The summed E-state index contributed by atoms with van der Waals surface area (Å²) in [4.78, 5) is 47.1. The zero-order chi connectivity index (χ0) is 43.7. The van der Waals surface area contributed by atoms with E-state index in [2.05, 4.69) is 56.4 Å². The number of hydrogen-bond donors (Lipinski definition) is 1. The Kier molecular flexibility index (Phi) is 36.9. The Labute approximate surface area is 358 Å². The van der Waals surface area contributed by atoms with Crippen LogP contribution in [-0.2, 0) is 37.5 Å². The van der Waals surface area contributed by atoms with Crippen molar-refractivity contribution in [1.29, 1.82) is 0 Å². The van der Waals surface area contributed by atoms with E-state index in [1.807, 2.05) is 51.5 Å². The summed E-state index contributed by atoms with van der Waals surface area (Å²) < 4.78 is 34.1. The second-order valence-corrected chi connectivity index (χ2v) is 17.2. The van der Waals surface area contributed by atoms with Crippen molar-refractivity contribution < 1.29 is 46.8 Å². The largest absolute Gasteiger partial charge is 0.472 e. The first-order valence-corrected chi connectivity index (χ1v) is 23.8. The number of carbonyl (C=O) groups excluding carboxylic acids is 3. The number of rotatable bonds is 39. The van der Waals surface area contributed by atoms with Gasteiger partial charge in [-0.05, 0) is 76.7 Å². The summed E-state index contributed by atoms with van der Waals surface area (Å²) in [6.45, 7) is 4.08. The second kappa shape index (κ2) is 39.0. The molecule has 0 aromatic heterocycles. The maximum absolute atomic E-state index is 12.7. The van der Waals surface area contributed by atoms with Gasteiger partial charge in [0.05, 0.1) is 27.7 Å². The molecule has 1 N–H and O–H groups in total. The van der Waals surface area contributed by atoms with E-state index in [4.69, 9.17) is 18.5 Å². The molecule has 0 rings (SSSR count). The molecule has 0 aliphatic heterocycles. The van der Waals surface area contributed by atoms with Gasteiger partial charge in [0, 0.05) is 19.3 Å². The molecule has 0 aromatic carbocycles. The van der Waals surface area contributed by atoms with Crippen LogP contribution in [0, 0.1) is 0 Å². The molecule has 0 radical (unpaired) electrons. The van der Waals surface area contributed by atoms with Gasteiger partial charge in [0.15, 0.2) is 11.9 Å². The molecule has 2 atom stereocenters. The number of likely N-dealkylation sites (N-methyl/N-ethyl adjacent to an activating group) is 1. The van der Waals surface area contributed by atoms with Crippen molar-refractivity contribution in [2.45, 2.75) is 155 Å². The van der Waals surface area contributed by atoms with Gasteiger partial charge >= 0.3 is 19.8 Å². The zero-order valence-corrected chi connectivity index (χ0v) is 38.3. The SMILES string of the molecule is CCCCCCCC/C=C\C/C=C\C/C=C\CCCC(=O)OC[C@H](COP(=O)(O)OCC[N+](C)(C)C)OC(=O)CCC/C=C\C/C=C\C/C=C\C=C\C(=O)CCCCC. The predicted molar refractivity (Wildman–Crippen MR) is 243 cm³/mol. The topological polar surface area (TPSA) is 125 Å². The Bertz CT molecular complexity index is 1340. The van der Waals surface area contributed by atoms with Crippen LogP contribution in [-0.4, -0.2) is 80.7 Å². The summed E-state index contributed by atoms with van der Waals surface area (Å²) in [7, 11) is 1.36. The molecule has 0 aliphatic carbocycles. The molecule has 336 valence electrons. The molecule has 0 fully saturated rings. The van der Waals surface area contributed by atoms with Crippen molar-refractivity contribution in [3.05, 3.63) is 85.1 Å². The molecule has 0 heterocycles. The Morgan fingerprint density at radius 3 is 1.68 bits per heavy atom. The first kappa shape index (κ1) is 55.9. The number of esters is 2. The van der Waals surface area contributed by atoms with Crippen LogP contribution in [0.5, 0.6) is 0 Å². The Hall–Kier alpha value is -3.14. The molecule has 0 bridgehead atoms. The number of hydrogen-bond acceptors (Lipinski definition) is 8. The molecule has 1 unspecified atom stereocenters. The quantitative estimate of drug-likeness (QED) is 0.0122. The predicted octanol–water partition coefficient (Wildman–Crippen LogP) is 12.0. The van der Waals surface area contributed by atoms with Crippen LogP contribution in [0.25, 0.3) is 0 Å². The highest BCUT2D eigenvalue weighted by atomic mass is 31.2. The summed E-state index contributed by atoms with van der Waals surface area (Å²) in [5.41, 5.74) is 0. The van der Waals surface area contributed by atoms with Crippen molar-refractivity contribution >= 4 is 25.5 Å². The van der Waals surface area contributed by atoms with Crippen LogP contribution in [0.15, 0.2) is 85.1 Å². The van der Waals surface area contributed by atoms with E-state index in [1.54, 1.807) is 12.2 Å². The van der Waals surface area contributed by atoms with Crippen LogP contribution in [0.4, 0.5) is 0 Å². The molecular weight excluding hydrogens is 765 g/mol. The first-order chi connectivity index (χ1) is 28.4. The lowest BCUT2D eigenvalue weighted by atomic mass is 10.1. The maximum Gasteiger partial charge on any atom is 0.472 e. The van der Waals surface area contributed by atoms with Gasteiger partial charge in [-0.3, -0.25) is 23.4 Å². The minimum absolute atomic E-state index is 0.00140. The van der Waals surface area contributed by atoms with Gasteiger partial charge in [0.1, 0.15) is 19.8 Å². The lowest BCUT2D eigenvalue weighted by molar-refractivity contribution is -0.870. The van der Waals surface area contributed by atoms with E-state index < -0.39 is 32.5 Å². The molecule has 0 saturated heterocycles. The normalized spacial score (nSPS) is 14.3. The highest BCUT2D eigenvalue weighted by molar-refractivity contribution is 7.47. The summed E-state index contributed by atoms with van der Waals surface area (Å²) in [6, 6.07) is 0. The van der Waals surface area contributed by atoms with E-state index in [0.717, 1.165) is 57.8 Å². The number of phosphoric ester groups is 1. The Balaban J connectivity index is 4.60. The minimum Gasteiger partial charge on any atom is -0.462 e. The van der Waals surface area contributed by atoms with Crippen LogP contribution in [0.3, 0.4) is 0 Å². The van der Waals surface area contributed by atoms with E-state index in [0.29, 0.717) is 36.7 Å². The van der Waals surface area contributed by atoms with Gasteiger partial charge in [-0.1, -0.05) is 138 Å². The number of carbonyl (C=O) groups is 3. The fourth-order valence-electron chi connectivity index (χ4n) is 5.33. The smallest absolute Gasteiger partial charge is 0.462 e. The average Bonchev–Trinajstić information content (AvgIpc) is 3.18. The summed E-state index contributed by atoms with van der Waals surface area (Å²) >= 11 is 0. The summed E-state index contributed by atoms with van der Waals surface area (Å²) in [5.74, 6) is -0.804. The van der Waals surface area contributed by atoms with E-state index in [9.17, 15) is 23.8 Å². The van der Waals surface area contributed by atoms with Crippen molar-refractivity contribution in [3.8, 4) is 0 Å². The third kappa shape index (κ3) is 42.8. The minimum atomic E-state index is -4.42. The van der Waals surface area contributed by atoms with Crippen molar-refractivity contribution in [1.82, 2.24) is 0 Å². The lowest BCUT2D eigenvalue weighted by Crippen LogP contribution is -2.37. The Morgan fingerprint density at radius 1 is 0.576 bits per heavy atom. The monoisotopic (exact) mass is 847 g/mol. The van der Waals surface area contributed by atoms with Gasteiger partial charge in [-0.2, -0.15) is 0 Å². The molecule has 59 heavy (non-hydrogen) atoms. The highest BCUT2D eigenvalue weighted by Gasteiger charge is 2.27. The van der Waals surface area contributed by atoms with Crippen LogP contribution in [0.2, 0.25) is 0 Å². The molecule has 10 nitrogen and oxygen atoms in total. The molecule has 0 spiro atoms. The third-order valence-electron chi connectivity index (χ3n) is 8.87. The van der Waals surface area contributed by atoms with Crippen molar-refractivity contribution in [2.24, 2.45) is 0 Å². The van der Waals surface area contributed by atoms with Crippen LogP contribution < -0.4 is 0 Å². The number of nitrogens with zero attached hydrogens (tertiary/aromatic N) is 1. The first-order valence-electron chi connectivity index (χ1n) is 22.3. The number of phosphoric acid groups is 1. The van der Waals surface area contributed by atoms with E-state index >= 15 is 0 Å². The molecule has 0 amide bonds. The molecule has 0 aromatic rings. The number of ketones is 1.